The summed E-state index contributed by atoms with van der Waals surface area (Å²) in [5.41, 5.74) is 6.09. The van der Waals surface area contributed by atoms with Crippen LogP contribution in [0, 0.1) is 6.92 Å². The molecule has 184 valence electrons. The van der Waals surface area contributed by atoms with E-state index < -0.39 is 5.97 Å². The number of urea groups is 1. The molecule has 0 spiro atoms. The van der Waals surface area contributed by atoms with Crippen LogP contribution in [0.25, 0.3) is 10.9 Å². The van der Waals surface area contributed by atoms with E-state index in [0.29, 0.717) is 24.2 Å². The van der Waals surface area contributed by atoms with Crippen LogP contribution in [0.1, 0.15) is 45.7 Å². The average Bonchev–Trinajstić information content (AvgIpc) is 3.27. The number of esters is 1. The van der Waals surface area contributed by atoms with Crippen LogP contribution in [0.3, 0.4) is 0 Å². The van der Waals surface area contributed by atoms with Gasteiger partial charge in [0.05, 0.1) is 31.0 Å². The molecule has 2 heterocycles. The van der Waals surface area contributed by atoms with Crippen LogP contribution < -0.4 is 10.1 Å². The second-order valence-electron chi connectivity index (χ2n) is 8.88. The quantitative estimate of drug-likeness (QED) is 0.349. The van der Waals surface area contributed by atoms with Crippen LogP contribution in [-0.4, -0.2) is 42.1 Å². The summed E-state index contributed by atoms with van der Waals surface area (Å²) in [5.74, 6) is 0.334. The maximum Gasteiger partial charge on any atom is 0.340 e. The number of para-hydroxylation sites is 1. The minimum Gasteiger partial charge on any atom is -0.497 e. The van der Waals surface area contributed by atoms with Crippen molar-refractivity contribution in [3.05, 3.63) is 94.7 Å². The highest BCUT2D eigenvalue weighted by Crippen LogP contribution is 2.39. The summed E-state index contributed by atoms with van der Waals surface area (Å²) in [4.78, 5) is 31.6. The zero-order valence-electron chi connectivity index (χ0n) is 20.6. The van der Waals surface area contributed by atoms with Crippen LogP contribution in [0.2, 0.25) is 0 Å². The number of amides is 2. The number of anilines is 1. The van der Waals surface area contributed by atoms with Gasteiger partial charge in [0.1, 0.15) is 5.75 Å². The first-order valence-corrected chi connectivity index (χ1v) is 12.1. The number of benzene rings is 3. The number of nitrogens with one attached hydrogen (secondary N) is 2. The maximum absolute atomic E-state index is 13.7. The lowest BCUT2D eigenvalue weighted by Crippen LogP contribution is -2.43. The van der Waals surface area contributed by atoms with Crippen molar-refractivity contribution in [3.8, 4) is 5.75 Å². The molecule has 3 aromatic carbocycles. The number of carbonyl (C=O) groups is 2. The average molecular weight is 484 g/mol. The Kier molecular flexibility index (Phi) is 6.38. The second-order valence-corrected chi connectivity index (χ2v) is 8.88. The molecular weight excluding hydrogens is 454 g/mol. The molecule has 36 heavy (non-hydrogen) atoms. The number of ether oxygens (including phenoxy) is 2. The zero-order valence-corrected chi connectivity index (χ0v) is 20.6. The van der Waals surface area contributed by atoms with Gasteiger partial charge in [0.25, 0.3) is 0 Å². The van der Waals surface area contributed by atoms with Crippen molar-refractivity contribution in [1.29, 1.82) is 0 Å². The van der Waals surface area contributed by atoms with E-state index >= 15 is 0 Å². The van der Waals surface area contributed by atoms with Gasteiger partial charge in [-0.05, 0) is 61.7 Å². The van der Waals surface area contributed by atoms with E-state index in [1.54, 1.807) is 38.3 Å². The molecule has 1 aliphatic heterocycles. The molecule has 1 atom stereocenters. The summed E-state index contributed by atoms with van der Waals surface area (Å²) < 4.78 is 10.6. The number of aryl methyl sites for hydroxylation is 1. The van der Waals surface area contributed by atoms with E-state index in [1.165, 1.54) is 5.56 Å². The fourth-order valence-electron chi connectivity index (χ4n) is 4.87. The summed E-state index contributed by atoms with van der Waals surface area (Å²) in [6, 6.07) is 20.5. The number of aromatic amines is 1. The predicted octanol–water partition coefficient (Wildman–Crippen LogP) is 5.84. The van der Waals surface area contributed by atoms with Crippen LogP contribution in [-0.2, 0) is 11.2 Å². The van der Waals surface area contributed by atoms with Gasteiger partial charge in [-0.1, -0.05) is 42.0 Å². The Labute approximate surface area is 210 Å². The number of rotatable bonds is 5. The lowest BCUT2D eigenvalue weighted by Gasteiger charge is -2.36. The van der Waals surface area contributed by atoms with E-state index in [0.717, 1.165) is 33.5 Å². The highest BCUT2D eigenvalue weighted by Gasteiger charge is 2.35. The molecule has 0 fully saturated rings. The molecule has 7 nitrogen and oxygen atoms in total. The number of methoxy groups -OCH3 is 1. The molecule has 0 unspecified atom stereocenters. The molecule has 0 bridgehead atoms. The van der Waals surface area contributed by atoms with Gasteiger partial charge in [0, 0.05) is 23.1 Å². The number of hydrogen-bond donors (Lipinski definition) is 2. The first-order chi connectivity index (χ1) is 17.5. The van der Waals surface area contributed by atoms with Gasteiger partial charge in [-0.25, -0.2) is 9.59 Å². The molecule has 0 saturated heterocycles. The molecule has 4 aromatic rings. The van der Waals surface area contributed by atoms with Crippen molar-refractivity contribution in [2.45, 2.75) is 26.3 Å². The van der Waals surface area contributed by atoms with Gasteiger partial charge in [-0.2, -0.15) is 0 Å². The summed E-state index contributed by atoms with van der Waals surface area (Å²) >= 11 is 0. The van der Waals surface area contributed by atoms with Gasteiger partial charge in [-0.3, -0.25) is 0 Å². The van der Waals surface area contributed by atoms with Gasteiger partial charge in [0.15, 0.2) is 0 Å². The largest absolute Gasteiger partial charge is 0.497 e. The summed E-state index contributed by atoms with van der Waals surface area (Å²) in [7, 11) is 1.66. The van der Waals surface area contributed by atoms with Crippen molar-refractivity contribution < 1.29 is 19.1 Å². The van der Waals surface area contributed by atoms with Gasteiger partial charge in [-0.15, -0.1) is 0 Å². The summed E-state index contributed by atoms with van der Waals surface area (Å²) in [5, 5.41) is 4.07. The van der Waals surface area contributed by atoms with E-state index in [4.69, 9.17) is 9.47 Å². The fraction of sp³-hybridized carbons (Fsp3) is 0.241. The molecule has 1 aromatic heterocycles. The topological polar surface area (TPSA) is 83.7 Å². The Balaban J connectivity index is 1.55. The van der Waals surface area contributed by atoms with Crippen LogP contribution in [0.4, 0.5) is 10.5 Å². The van der Waals surface area contributed by atoms with Crippen molar-refractivity contribution >= 4 is 28.6 Å². The minimum atomic E-state index is -0.464. The monoisotopic (exact) mass is 483 g/mol. The molecule has 1 aliphatic rings. The number of H-pyrrole nitrogens is 1. The maximum atomic E-state index is 13.7. The molecule has 7 heteroatoms. The molecule has 0 radical (unpaired) electrons. The number of fused-ring (bicyclic) bond motifs is 3. The normalized spacial score (nSPS) is 14.9. The van der Waals surface area contributed by atoms with Crippen LogP contribution >= 0.6 is 0 Å². The van der Waals surface area contributed by atoms with Crippen molar-refractivity contribution in [1.82, 2.24) is 9.88 Å². The third kappa shape index (κ3) is 4.28. The Morgan fingerprint density at radius 3 is 2.61 bits per heavy atom. The third-order valence-corrected chi connectivity index (χ3v) is 6.65. The lowest BCUT2D eigenvalue weighted by atomic mass is 9.92. The van der Waals surface area contributed by atoms with Gasteiger partial charge >= 0.3 is 12.0 Å². The Hall–Kier alpha value is -4.26. The number of hydrogen-bond acceptors (Lipinski definition) is 4. The summed E-state index contributed by atoms with van der Waals surface area (Å²) in [6.45, 7) is 4.58. The predicted molar refractivity (Wildman–Crippen MR) is 140 cm³/mol. The van der Waals surface area contributed by atoms with Crippen molar-refractivity contribution in [2.75, 3.05) is 25.6 Å². The molecule has 2 N–H and O–H groups in total. The Morgan fingerprint density at radius 2 is 1.86 bits per heavy atom. The molecule has 0 aliphatic carbocycles. The smallest absolute Gasteiger partial charge is 0.340 e. The molecule has 2 amide bonds. The lowest BCUT2D eigenvalue weighted by molar-refractivity contribution is 0.0527. The van der Waals surface area contributed by atoms with E-state index in [9.17, 15) is 9.59 Å². The number of aromatic nitrogens is 1. The molecule has 0 saturated carbocycles. The summed E-state index contributed by atoms with van der Waals surface area (Å²) in [6.07, 6.45) is 0.692. The molecule has 5 rings (SSSR count). The molecular formula is C29H29N3O4. The second kappa shape index (κ2) is 9.77. The zero-order chi connectivity index (χ0) is 25.2. The minimum absolute atomic E-state index is 0.261. The van der Waals surface area contributed by atoms with Crippen molar-refractivity contribution in [2.24, 2.45) is 0 Å². The Bertz CT molecular complexity index is 1420. The first-order valence-electron chi connectivity index (χ1n) is 12.1. The van der Waals surface area contributed by atoms with E-state index in [1.807, 2.05) is 30.0 Å². The highest BCUT2D eigenvalue weighted by molar-refractivity contribution is 6.01. The fourth-order valence-corrected chi connectivity index (χ4v) is 4.87. The van der Waals surface area contributed by atoms with Crippen LogP contribution in [0.5, 0.6) is 5.75 Å². The van der Waals surface area contributed by atoms with Crippen LogP contribution in [0.15, 0.2) is 66.7 Å². The standard InChI is InChI=1S/C29H29N3O4/c1-4-36-28(33)22-7-5-6-8-24(22)31-29(34)32-16-15-21-23-17-20(35-3)13-14-25(23)30-26(21)27(32)19-11-9-18(2)10-12-19/h5-14,17,27,30H,4,15-16H2,1-3H3,(H,31,34)/t27-/m1/s1. The Morgan fingerprint density at radius 1 is 1.08 bits per heavy atom. The first kappa shape index (κ1) is 23.5. The van der Waals surface area contributed by atoms with Gasteiger partial charge < -0.3 is 24.7 Å². The number of nitrogens with zero attached hydrogens (tertiary/aromatic N) is 1. The van der Waals surface area contributed by atoms with E-state index in [-0.39, 0.29) is 18.7 Å². The van der Waals surface area contributed by atoms with E-state index in [2.05, 4.69) is 34.6 Å². The number of carbonyl (C=O) groups excluding carboxylic acids is 2. The third-order valence-electron chi connectivity index (χ3n) is 6.65. The van der Waals surface area contributed by atoms with Crippen molar-refractivity contribution in [3.63, 3.8) is 0 Å². The highest BCUT2D eigenvalue weighted by atomic mass is 16.5. The van der Waals surface area contributed by atoms with Gasteiger partial charge in [0.2, 0.25) is 0 Å². The SMILES string of the molecule is CCOC(=O)c1ccccc1NC(=O)N1CCc2c([nH]c3ccc(OC)cc23)[C@H]1c1ccc(C)cc1.